The van der Waals surface area contributed by atoms with Crippen LogP contribution in [0.5, 0.6) is 0 Å². The van der Waals surface area contributed by atoms with Gasteiger partial charge in [-0.1, -0.05) is 54.3 Å². The van der Waals surface area contributed by atoms with Crippen LogP contribution in [0.4, 0.5) is 0 Å². The summed E-state index contributed by atoms with van der Waals surface area (Å²) in [6.45, 7) is 8.15. The van der Waals surface area contributed by atoms with Gasteiger partial charge in [-0.15, -0.1) is 3.77 Å². The summed E-state index contributed by atoms with van der Waals surface area (Å²) < 4.78 is 29.5. The Balaban J connectivity index is 3.22. The third-order valence-corrected chi connectivity index (χ3v) is 7.51. The molecule has 0 aliphatic heterocycles. The Morgan fingerprint density at radius 1 is 1.21 bits per heavy atom. The molecule has 0 aliphatic carbocycles. The van der Waals surface area contributed by atoms with Gasteiger partial charge in [0.1, 0.15) is 0 Å². The van der Waals surface area contributed by atoms with Crippen LogP contribution in [0.2, 0.25) is 0 Å². The quantitative estimate of drug-likeness (QED) is 0.804. The minimum Gasteiger partial charge on any atom is -0.199 e. The van der Waals surface area contributed by atoms with E-state index < -0.39 is 20.7 Å². The van der Waals surface area contributed by atoms with E-state index in [0.717, 1.165) is 16.6 Å². The molecule has 1 aromatic rings. The van der Waals surface area contributed by atoms with Crippen LogP contribution in [0.3, 0.4) is 0 Å². The molecule has 0 bridgehead atoms. The van der Waals surface area contributed by atoms with E-state index >= 15 is 0 Å². The Morgan fingerprint density at radius 2 is 1.74 bits per heavy atom. The molecule has 0 aromatic heterocycles. The largest absolute Gasteiger partial charge is 0.287 e. The summed E-state index contributed by atoms with van der Waals surface area (Å²) in [5.74, 6) is 0.805. The van der Waals surface area contributed by atoms with Crippen LogP contribution >= 0.6 is 15.9 Å². The van der Waals surface area contributed by atoms with E-state index in [9.17, 15) is 8.42 Å². The lowest BCUT2D eigenvalue weighted by Gasteiger charge is -2.22. The van der Waals surface area contributed by atoms with Gasteiger partial charge in [0.05, 0.1) is 4.90 Å². The van der Waals surface area contributed by atoms with Crippen molar-refractivity contribution in [3.63, 3.8) is 0 Å². The number of halogens is 1. The van der Waals surface area contributed by atoms with Gasteiger partial charge in [-0.3, -0.25) is 0 Å². The van der Waals surface area contributed by atoms with Crippen molar-refractivity contribution in [1.29, 1.82) is 0 Å². The zero-order chi connectivity index (χ0) is 14.7. The van der Waals surface area contributed by atoms with Crippen LogP contribution in [-0.4, -0.2) is 18.9 Å². The number of sulfonamides is 1. The Labute approximate surface area is 127 Å². The van der Waals surface area contributed by atoms with Crippen LogP contribution in [-0.2, 0) is 20.7 Å². The van der Waals surface area contributed by atoms with Gasteiger partial charge in [0.15, 0.2) is 0 Å². The summed E-state index contributed by atoms with van der Waals surface area (Å²) in [6, 6.07) is 6.60. The maximum absolute atomic E-state index is 12.3. The summed E-state index contributed by atoms with van der Waals surface area (Å²) in [6.07, 6.45) is 0.930. The predicted octanol–water partition coefficient (Wildman–Crippen LogP) is 4.15. The van der Waals surface area contributed by atoms with Gasteiger partial charge >= 0.3 is 0 Å². The Hall–Kier alpha value is -0.200. The third-order valence-electron chi connectivity index (χ3n) is 2.40. The van der Waals surface area contributed by atoms with Gasteiger partial charge in [0.2, 0.25) is 0 Å². The van der Waals surface area contributed by atoms with Gasteiger partial charge in [-0.25, -0.2) is 0 Å². The molecule has 0 saturated carbocycles. The monoisotopic (exact) mass is 365 g/mol. The van der Waals surface area contributed by atoms with Gasteiger partial charge < -0.3 is 0 Å². The Kier molecular flexibility index (Phi) is 5.77. The summed E-state index contributed by atoms with van der Waals surface area (Å²) in [5, 5.41) is 0. The topological polar surface area (TPSA) is 46.5 Å². The fraction of sp³-hybridized carbons (Fsp3) is 0.538. The second kappa shape index (κ2) is 6.50. The summed E-state index contributed by atoms with van der Waals surface area (Å²) >= 11 is 3.30. The molecule has 1 aromatic carbocycles. The molecule has 0 saturated heterocycles. The van der Waals surface area contributed by atoms with Crippen molar-refractivity contribution in [3.05, 3.63) is 28.7 Å². The number of hydrogen-bond donors (Lipinski definition) is 0. The van der Waals surface area contributed by atoms with E-state index in [4.69, 9.17) is 0 Å². The van der Waals surface area contributed by atoms with Crippen molar-refractivity contribution in [1.82, 2.24) is 0 Å². The average Bonchev–Trinajstić information content (AvgIpc) is 2.27. The molecule has 0 spiro atoms. The molecule has 3 nitrogen and oxygen atoms in total. The smallest absolute Gasteiger partial charge is 0.199 e. The Morgan fingerprint density at radius 3 is 2.16 bits per heavy atom. The molecule has 108 valence electrons. The van der Waals surface area contributed by atoms with Gasteiger partial charge in [-0.2, -0.15) is 8.42 Å². The molecule has 1 rings (SSSR count). The second-order valence-corrected chi connectivity index (χ2v) is 10.5. The van der Waals surface area contributed by atoms with Gasteiger partial charge in [-0.05, 0) is 30.7 Å². The normalized spacial score (nSPS) is 14.6. The van der Waals surface area contributed by atoms with E-state index in [2.05, 4.69) is 19.7 Å². The van der Waals surface area contributed by atoms with Crippen molar-refractivity contribution >= 4 is 36.6 Å². The molecule has 0 amide bonds. The summed E-state index contributed by atoms with van der Waals surface area (Å²) in [5.41, 5.74) is 0. The molecule has 0 fully saturated rings. The molecule has 0 N–H and O–H groups in total. The first-order chi connectivity index (χ1) is 8.66. The molecule has 0 unspecified atom stereocenters. The molecule has 6 heteroatoms. The molecular weight excluding hydrogens is 346 g/mol. The molecule has 0 heterocycles. The number of rotatable bonds is 4. The Bertz CT molecular complexity index is 557. The van der Waals surface area contributed by atoms with E-state index in [-0.39, 0.29) is 9.64 Å². The second-order valence-electron chi connectivity index (χ2n) is 5.18. The van der Waals surface area contributed by atoms with E-state index in [1.165, 1.54) is 0 Å². The lowest BCUT2D eigenvalue weighted by atomic mass is 10.3. The van der Waals surface area contributed by atoms with Crippen molar-refractivity contribution in [3.8, 4) is 0 Å². The van der Waals surface area contributed by atoms with Crippen molar-refractivity contribution in [2.24, 2.45) is 3.77 Å². The number of benzene rings is 1. The molecule has 1 atom stereocenters. The fourth-order valence-electron chi connectivity index (χ4n) is 1.42. The summed E-state index contributed by atoms with van der Waals surface area (Å²) in [4.78, 5) is 0.258. The van der Waals surface area contributed by atoms with Crippen LogP contribution < -0.4 is 0 Å². The maximum Gasteiger partial charge on any atom is 0.287 e. The van der Waals surface area contributed by atoms with Crippen molar-refractivity contribution in [2.75, 3.05) is 5.75 Å². The number of hydrogen-bond acceptors (Lipinski definition) is 2. The minimum absolute atomic E-state index is 0.127. The highest BCUT2D eigenvalue weighted by molar-refractivity contribution is 9.10. The lowest BCUT2D eigenvalue weighted by molar-refractivity contribution is 0.598. The molecular formula is C13H20BrNO2S2. The van der Waals surface area contributed by atoms with E-state index in [0.29, 0.717) is 0 Å². The maximum atomic E-state index is 12.3. The zero-order valence-electron chi connectivity index (χ0n) is 11.7. The van der Waals surface area contributed by atoms with Crippen LogP contribution in [0.1, 0.15) is 34.1 Å². The molecule has 0 aliphatic rings. The minimum atomic E-state index is -3.57. The van der Waals surface area contributed by atoms with Crippen LogP contribution in [0.25, 0.3) is 0 Å². The first-order valence-electron chi connectivity index (χ1n) is 6.11. The molecule has 19 heavy (non-hydrogen) atoms. The SMILES string of the molecule is CCC[S@](=NS(=O)(=O)c1ccc(Br)cc1)C(C)(C)C. The third kappa shape index (κ3) is 5.00. The highest BCUT2D eigenvalue weighted by Gasteiger charge is 2.21. The first-order valence-corrected chi connectivity index (χ1v) is 9.70. The standard InChI is InChI=1S/C13H20BrNO2S2/c1-5-10-18(13(2,3)4)15-19(16,17)12-8-6-11(14)7-9-12/h6-9H,5,10H2,1-4H3/t18-/m0/s1. The van der Waals surface area contributed by atoms with Crippen molar-refractivity contribution < 1.29 is 8.42 Å². The lowest BCUT2D eigenvalue weighted by Crippen LogP contribution is -2.24. The van der Waals surface area contributed by atoms with Crippen LogP contribution in [0.15, 0.2) is 37.4 Å². The van der Waals surface area contributed by atoms with E-state index in [1.807, 2.05) is 27.7 Å². The zero-order valence-corrected chi connectivity index (χ0v) is 14.9. The molecule has 0 radical (unpaired) electrons. The van der Waals surface area contributed by atoms with Crippen LogP contribution in [0, 0.1) is 0 Å². The average molecular weight is 366 g/mol. The summed E-state index contributed by atoms with van der Waals surface area (Å²) in [7, 11) is -4.06. The highest BCUT2D eigenvalue weighted by atomic mass is 79.9. The predicted molar refractivity (Wildman–Crippen MR) is 86.0 cm³/mol. The first kappa shape index (κ1) is 16.9. The van der Waals surface area contributed by atoms with Gasteiger partial charge in [0, 0.05) is 15.0 Å². The fourth-order valence-corrected chi connectivity index (χ4v) is 5.64. The highest BCUT2D eigenvalue weighted by Crippen LogP contribution is 2.22. The van der Waals surface area contributed by atoms with Crippen molar-refractivity contribution in [2.45, 2.75) is 43.8 Å². The van der Waals surface area contributed by atoms with Gasteiger partial charge in [0.25, 0.3) is 10.0 Å². The van der Waals surface area contributed by atoms with E-state index in [1.54, 1.807) is 24.3 Å². The number of nitrogens with zero attached hydrogens (tertiary/aromatic N) is 1.